The summed E-state index contributed by atoms with van der Waals surface area (Å²) in [6, 6.07) is 3.39. The van der Waals surface area contributed by atoms with Crippen molar-refractivity contribution < 1.29 is 23.8 Å². The molecule has 25 heavy (non-hydrogen) atoms. The van der Waals surface area contributed by atoms with E-state index in [-0.39, 0.29) is 5.91 Å². The van der Waals surface area contributed by atoms with E-state index in [1.54, 1.807) is 18.2 Å². The van der Waals surface area contributed by atoms with Crippen LogP contribution >= 0.6 is 11.6 Å². The Balaban J connectivity index is 1.94. The third-order valence-electron chi connectivity index (χ3n) is 3.38. The topological polar surface area (TPSA) is 73.9 Å². The number of fused-ring (bicyclic) bond motifs is 1. The highest BCUT2D eigenvalue weighted by atomic mass is 35.5. The van der Waals surface area contributed by atoms with E-state index in [0.717, 1.165) is 0 Å². The van der Waals surface area contributed by atoms with Gasteiger partial charge in [0.15, 0.2) is 17.6 Å². The van der Waals surface area contributed by atoms with Gasteiger partial charge in [-0.2, -0.15) is 0 Å². The Bertz CT molecular complexity index is 672. The first-order valence-corrected chi connectivity index (χ1v) is 8.50. The van der Waals surface area contributed by atoms with Gasteiger partial charge >= 0.3 is 5.97 Å². The monoisotopic (exact) mass is 367 g/mol. The lowest BCUT2D eigenvalue weighted by Crippen LogP contribution is -2.37. The molecule has 1 atom stereocenters. The molecule has 1 heterocycles. The molecule has 6 nitrogen and oxygen atoms in total. The fraction of sp³-hybridized carbons (Fsp3) is 0.444. The molecule has 1 aromatic rings. The minimum absolute atomic E-state index is 0.321. The second-order valence-corrected chi connectivity index (χ2v) is 6.49. The SMILES string of the molecule is CC(C)CNC(=O)[C@@H](C)OC(=O)/C=C/c1cc(Cl)c2c(c1)OCCO2. The molecule has 1 aliphatic rings. The largest absolute Gasteiger partial charge is 0.486 e. The van der Waals surface area contributed by atoms with Gasteiger partial charge in [-0.3, -0.25) is 4.79 Å². The second kappa shape index (κ2) is 8.76. The van der Waals surface area contributed by atoms with E-state index in [4.69, 9.17) is 25.8 Å². The van der Waals surface area contributed by atoms with Gasteiger partial charge in [-0.15, -0.1) is 0 Å². The average molecular weight is 368 g/mol. The molecule has 0 spiro atoms. The van der Waals surface area contributed by atoms with Crippen molar-refractivity contribution in [3.63, 3.8) is 0 Å². The van der Waals surface area contributed by atoms with Crippen LogP contribution < -0.4 is 14.8 Å². The molecule has 0 bridgehead atoms. The number of rotatable bonds is 6. The number of halogens is 1. The highest BCUT2D eigenvalue weighted by Crippen LogP contribution is 2.38. The summed E-state index contributed by atoms with van der Waals surface area (Å²) in [7, 11) is 0. The molecule has 2 rings (SSSR count). The van der Waals surface area contributed by atoms with Crippen LogP contribution in [-0.4, -0.2) is 37.7 Å². The molecule has 7 heteroatoms. The van der Waals surface area contributed by atoms with Gasteiger partial charge in [0.25, 0.3) is 5.91 Å². The van der Waals surface area contributed by atoms with E-state index in [1.807, 2.05) is 13.8 Å². The first-order valence-electron chi connectivity index (χ1n) is 8.12. The van der Waals surface area contributed by atoms with Gasteiger partial charge in [-0.1, -0.05) is 25.4 Å². The quantitative estimate of drug-likeness (QED) is 0.618. The summed E-state index contributed by atoms with van der Waals surface area (Å²) in [5.74, 6) is 0.430. The molecule has 0 aromatic heterocycles. The fourth-order valence-electron chi connectivity index (χ4n) is 2.11. The van der Waals surface area contributed by atoms with Gasteiger partial charge in [0.2, 0.25) is 0 Å². The fourth-order valence-corrected chi connectivity index (χ4v) is 2.38. The Hall–Kier alpha value is -2.21. The molecule has 136 valence electrons. The number of ether oxygens (including phenoxy) is 3. The van der Waals surface area contributed by atoms with Crippen LogP contribution in [0.15, 0.2) is 18.2 Å². The average Bonchev–Trinajstić information content (AvgIpc) is 2.57. The summed E-state index contributed by atoms with van der Waals surface area (Å²) >= 11 is 6.14. The van der Waals surface area contributed by atoms with E-state index in [2.05, 4.69) is 5.32 Å². The van der Waals surface area contributed by atoms with Crippen molar-refractivity contribution in [2.75, 3.05) is 19.8 Å². The van der Waals surface area contributed by atoms with Crippen molar-refractivity contribution in [2.45, 2.75) is 26.9 Å². The molecule has 1 N–H and O–H groups in total. The van der Waals surface area contributed by atoms with Crippen molar-refractivity contribution in [3.8, 4) is 11.5 Å². The molecule has 1 amide bonds. The van der Waals surface area contributed by atoms with Crippen LogP contribution in [-0.2, 0) is 14.3 Å². The van der Waals surface area contributed by atoms with Crippen LogP contribution in [0.2, 0.25) is 5.02 Å². The Morgan fingerprint density at radius 3 is 2.72 bits per heavy atom. The van der Waals surface area contributed by atoms with E-state index >= 15 is 0 Å². The van der Waals surface area contributed by atoms with Crippen LogP contribution in [0.5, 0.6) is 11.5 Å². The van der Waals surface area contributed by atoms with Gasteiger partial charge in [0, 0.05) is 12.6 Å². The summed E-state index contributed by atoms with van der Waals surface area (Å²) in [6.45, 7) is 6.93. The van der Waals surface area contributed by atoms with Crippen LogP contribution in [0.25, 0.3) is 6.08 Å². The van der Waals surface area contributed by atoms with Crippen molar-refractivity contribution in [2.24, 2.45) is 5.92 Å². The second-order valence-electron chi connectivity index (χ2n) is 6.08. The molecule has 0 saturated carbocycles. The summed E-state index contributed by atoms with van der Waals surface area (Å²) in [6.07, 6.45) is 1.93. The van der Waals surface area contributed by atoms with Gasteiger partial charge < -0.3 is 19.5 Å². The Labute approximate surface area is 152 Å². The maximum atomic E-state index is 11.9. The van der Waals surface area contributed by atoms with Crippen LogP contribution in [0.1, 0.15) is 26.3 Å². The zero-order chi connectivity index (χ0) is 18.4. The Morgan fingerprint density at radius 1 is 1.28 bits per heavy atom. The normalized spacial score (nSPS) is 14.4. The molecule has 0 saturated heterocycles. The lowest BCUT2D eigenvalue weighted by Gasteiger charge is -2.19. The highest BCUT2D eigenvalue weighted by molar-refractivity contribution is 6.32. The molecule has 0 fully saturated rings. The predicted octanol–water partition coefficient (Wildman–Crippen LogP) is 2.83. The smallest absolute Gasteiger partial charge is 0.331 e. The van der Waals surface area contributed by atoms with Crippen molar-refractivity contribution in [1.29, 1.82) is 0 Å². The van der Waals surface area contributed by atoms with Crippen molar-refractivity contribution in [1.82, 2.24) is 5.32 Å². The third kappa shape index (κ3) is 5.67. The Kier molecular flexibility index (Phi) is 6.70. The lowest BCUT2D eigenvalue weighted by molar-refractivity contribution is -0.150. The zero-order valence-corrected chi connectivity index (χ0v) is 15.3. The van der Waals surface area contributed by atoms with Gasteiger partial charge in [0.05, 0.1) is 5.02 Å². The molecule has 1 aromatic carbocycles. The number of carbonyl (C=O) groups is 2. The summed E-state index contributed by atoms with van der Waals surface area (Å²) in [5.41, 5.74) is 0.670. The minimum Gasteiger partial charge on any atom is -0.486 e. The maximum Gasteiger partial charge on any atom is 0.331 e. The van der Waals surface area contributed by atoms with Crippen LogP contribution in [0, 0.1) is 5.92 Å². The number of esters is 1. The highest BCUT2D eigenvalue weighted by Gasteiger charge is 2.17. The standard InChI is InChI=1S/C18H22ClNO5/c1-11(2)10-20-18(22)12(3)25-16(21)5-4-13-8-14(19)17-15(9-13)23-6-7-24-17/h4-5,8-9,11-12H,6-7,10H2,1-3H3,(H,20,22)/b5-4+/t12-/m1/s1. The molecule has 0 radical (unpaired) electrons. The molecule has 0 aliphatic carbocycles. The summed E-state index contributed by atoms with van der Waals surface area (Å²) in [5, 5.41) is 3.12. The number of nitrogens with one attached hydrogen (secondary N) is 1. The number of carbonyl (C=O) groups excluding carboxylic acids is 2. The molecular formula is C18H22ClNO5. The van der Waals surface area contributed by atoms with E-state index in [9.17, 15) is 9.59 Å². The minimum atomic E-state index is -0.861. The number of hydrogen-bond donors (Lipinski definition) is 1. The molecular weight excluding hydrogens is 346 g/mol. The van der Waals surface area contributed by atoms with Gasteiger partial charge in [-0.25, -0.2) is 4.79 Å². The van der Waals surface area contributed by atoms with Gasteiger partial charge in [-0.05, 0) is 36.6 Å². The van der Waals surface area contributed by atoms with E-state index in [0.29, 0.717) is 47.8 Å². The third-order valence-corrected chi connectivity index (χ3v) is 3.66. The zero-order valence-electron chi connectivity index (χ0n) is 14.5. The first kappa shape index (κ1) is 19.1. The molecule has 0 unspecified atom stereocenters. The maximum absolute atomic E-state index is 11.9. The lowest BCUT2D eigenvalue weighted by atomic mass is 10.2. The summed E-state index contributed by atoms with van der Waals surface area (Å²) < 4.78 is 16.0. The van der Waals surface area contributed by atoms with Crippen molar-refractivity contribution >= 4 is 29.6 Å². The van der Waals surface area contributed by atoms with Crippen LogP contribution in [0.4, 0.5) is 0 Å². The Morgan fingerprint density at radius 2 is 2.00 bits per heavy atom. The van der Waals surface area contributed by atoms with Gasteiger partial charge in [0.1, 0.15) is 13.2 Å². The number of benzene rings is 1. The van der Waals surface area contributed by atoms with Crippen molar-refractivity contribution in [3.05, 3.63) is 28.8 Å². The first-order chi connectivity index (χ1) is 11.9. The molecule has 1 aliphatic heterocycles. The number of hydrogen-bond acceptors (Lipinski definition) is 5. The van der Waals surface area contributed by atoms with E-state index < -0.39 is 12.1 Å². The predicted molar refractivity (Wildman–Crippen MR) is 94.9 cm³/mol. The van der Waals surface area contributed by atoms with Crippen LogP contribution in [0.3, 0.4) is 0 Å². The number of amides is 1. The van der Waals surface area contributed by atoms with E-state index in [1.165, 1.54) is 13.0 Å². The summed E-state index contributed by atoms with van der Waals surface area (Å²) in [4.78, 5) is 23.7.